The quantitative estimate of drug-likeness (QED) is 0.792. The molecule has 0 aromatic heterocycles. The number of nitrogens with zero attached hydrogens (tertiary/aromatic N) is 1. The Balaban J connectivity index is 1.63. The molecule has 1 amide bonds. The van der Waals surface area contributed by atoms with Gasteiger partial charge in [0.1, 0.15) is 0 Å². The predicted molar refractivity (Wildman–Crippen MR) is 66.6 cm³/mol. The van der Waals surface area contributed by atoms with E-state index in [1.54, 1.807) is 0 Å². The number of carbonyl (C=O) groups excluding carboxylic acids is 1. The molecule has 98 valence electrons. The fourth-order valence-electron chi connectivity index (χ4n) is 2.68. The summed E-state index contributed by atoms with van der Waals surface area (Å²) in [7, 11) is 0. The summed E-state index contributed by atoms with van der Waals surface area (Å²) in [6.45, 7) is 4.15. The van der Waals surface area contributed by atoms with E-state index in [-0.39, 0.29) is 11.9 Å². The van der Waals surface area contributed by atoms with Crippen molar-refractivity contribution in [1.82, 2.24) is 10.2 Å². The van der Waals surface area contributed by atoms with Crippen LogP contribution in [0.5, 0.6) is 0 Å². The van der Waals surface area contributed by atoms with Crippen molar-refractivity contribution in [2.45, 2.75) is 57.6 Å². The summed E-state index contributed by atoms with van der Waals surface area (Å²) in [5, 5.41) is 3.22. The molecule has 1 atom stereocenters. The Kier molecular flexibility index (Phi) is 4.80. The molecule has 1 heterocycles. The molecule has 1 saturated heterocycles. The van der Waals surface area contributed by atoms with E-state index in [1.165, 1.54) is 32.1 Å². The second-order valence-electron chi connectivity index (χ2n) is 5.06. The summed E-state index contributed by atoms with van der Waals surface area (Å²) >= 11 is 0. The van der Waals surface area contributed by atoms with Crippen molar-refractivity contribution in [1.29, 1.82) is 0 Å². The van der Waals surface area contributed by atoms with Gasteiger partial charge < -0.3 is 9.64 Å². The van der Waals surface area contributed by atoms with Gasteiger partial charge in [0.15, 0.2) is 0 Å². The highest BCUT2D eigenvalue weighted by Gasteiger charge is 2.29. The fraction of sp³-hybridized carbons (Fsp3) is 0.923. The van der Waals surface area contributed by atoms with Crippen molar-refractivity contribution in [3.8, 4) is 0 Å². The molecule has 0 spiro atoms. The smallest absolute Gasteiger partial charge is 0.240 e. The van der Waals surface area contributed by atoms with Gasteiger partial charge in [0.2, 0.25) is 5.91 Å². The van der Waals surface area contributed by atoms with E-state index in [0.29, 0.717) is 19.4 Å². The zero-order valence-corrected chi connectivity index (χ0v) is 10.8. The van der Waals surface area contributed by atoms with E-state index in [4.69, 9.17) is 4.74 Å². The van der Waals surface area contributed by atoms with Gasteiger partial charge >= 0.3 is 0 Å². The first kappa shape index (κ1) is 12.8. The second kappa shape index (κ2) is 6.36. The Hall–Kier alpha value is -0.610. The van der Waals surface area contributed by atoms with Crippen LogP contribution in [0.4, 0.5) is 0 Å². The molecule has 17 heavy (non-hydrogen) atoms. The standard InChI is InChI=1S/C13H24N2O2/c1-2-12-13(16)15(10-14-12)8-9-17-11-6-4-3-5-7-11/h11-12,14H,2-10H2,1H3. The van der Waals surface area contributed by atoms with Crippen LogP contribution >= 0.6 is 0 Å². The third kappa shape index (κ3) is 3.42. The van der Waals surface area contributed by atoms with E-state index < -0.39 is 0 Å². The van der Waals surface area contributed by atoms with Crippen LogP contribution in [0.3, 0.4) is 0 Å². The van der Waals surface area contributed by atoms with Crippen molar-refractivity contribution in [3.05, 3.63) is 0 Å². The first-order valence-electron chi connectivity index (χ1n) is 6.95. The third-order valence-electron chi connectivity index (χ3n) is 3.81. The minimum atomic E-state index is 0.0321. The van der Waals surface area contributed by atoms with Crippen molar-refractivity contribution in [2.75, 3.05) is 19.8 Å². The molecule has 1 N–H and O–H groups in total. The molecule has 0 radical (unpaired) electrons. The summed E-state index contributed by atoms with van der Waals surface area (Å²) in [5.74, 6) is 0.236. The van der Waals surface area contributed by atoms with Crippen LogP contribution in [0.15, 0.2) is 0 Å². The topological polar surface area (TPSA) is 41.6 Å². The lowest BCUT2D eigenvalue weighted by molar-refractivity contribution is -0.130. The lowest BCUT2D eigenvalue weighted by Crippen LogP contribution is -2.33. The number of hydrogen-bond donors (Lipinski definition) is 1. The number of amides is 1. The van der Waals surface area contributed by atoms with Gasteiger partial charge in [-0.2, -0.15) is 0 Å². The molecule has 1 unspecified atom stereocenters. The summed E-state index contributed by atoms with van der Waals surface area (Å²) in [6, 6.07) is 0.0321. The minimum absolute atomic E-state index is 0.0321. The molecule has 2 aliphatic rings. The largest absolute Gasteiger partial charge is 0.376 e. The van der Waals surface area contributed by atoms with E-state index in [0.717, 1.165) is 13.0 Å². The van der Waals surface area contributed by atoms with Gasteiger partial charge in [0.05, 0.1) is 25.4 Å². The highest BCUT2D eigenvalue weighted by atomic mass is 16.5. The molecule has 2 rings (SSSR count). The molecule has 2 fully saturated rings. The average molecular weight is 240 g/mol. The van der Waals surface area contributed by atoms with Crippen LogP contribution in [0.1, 0.15) is 45.4 Å². The van der Waals surface area contributed by atoms with E-state index in [1.807, 2.05) is 11.8 Å². The summed E-state index contributed by atoms with van der Waals surface area (Å²) in [5.41, 5.74) is 0. The van der Waals surface area contributed by atoms with Gasteiger partial charge in [-0.1, -0.05) is 26.2 Å². The van der Waals surface area contributed by atoms with Crippen molar-refractivity contribution < 1.29 is 9.53 Å². The average Bonchev–Trinajstić information content (AvgIpc) is 2.72. The van der Waals surface area contributed by atoms with Crippen LogP contribution in [0, 0.1) is 0 Å². The van der Waals surface area contributed by atoms with Crippen molar-refractivity contribution >= 4 is 5.91 Å². The van der Waals surface area contributed by atoms with Gasteiger partial charge in [-0.15, -0.1) is 0 Å². The number of carbonyl (C=O) groups is 1. The minimum Gasteiger partial charge on any atom is -0.376 e. The van der Waals surface area contributed by atoms with Crippen molar-refractivity contribution in [2.24, 2.45) is 0 Å². The molecule has 0 aromatic rings. The van der Waals surface area contributed by atoms with E-state index in [9.17, 15) is 4.79 Å². The lowest BCUT2D eigenvalue weighted by Gasteiger charge is -2.23. The zero-order chi connectivity index (χ0) is 12.1. The third-order valence-corrected chi connectivity index (χ3v) is 3.81. The number of ether oxygens (including phenoxy) is 1. The van der Waals surface area contributed by atoms with Crippen LogP contribution in [-0.2, 0) is 9.53 Å². The summed E-state index contributed by atoms with van der Waals surface area (Å²) in [4.78, 5) is 13.7. The first-order valence-corrected chi connectivity index (χ1v) is 6.95. The van der Waals surface area contributed by atoms with Gasteiger partial charge in [-0.05, 0) is 19.3 Å². The Bertz CT molecular complexity index is 252. The second-order valence-corrected chi connectivity index (χ2v) is 5.06. The number of rotatable bonds is 5. The van der Waals surface area contributed by atoms with Crippen LogP contribution < -0.4 is 5.32 Å². The van der Waals surface area contributed by atoms with Crippen LogP contribution in [0.2, 0.25) is 0 Å². The fourth-order valence-corrected chi connectivity index (χ4v) is 2.68. The van der Waals surface area contributed by atoms with Gasteiger partial charge in [0, 0.05) is 6.54 Å². The highest BCUT2D eigenvalue weighted by Crippen LogP contribution is 2.20. The number of hydrogen-bond acceptors (Lipinski definition) is 3. The molecular formula is C13H24N2O2. The normalized spacial score (nSPS) is 26.8. The maximum atomic E-state index is 11.8. The van der Waals surface area contributed by atoms with Crippen LogP contribution in [0.25, 0.3) is 0 Å². The van der Waals surface area contributed by atoms with Gasteiger partial charge in [-0.3, -0.25) is 10.1 Å². The number of nitrogens with one attached hydrogen (secondary N) is 1. The van der Waals surface area contributed by atoms with Gasteiger partial charge in [-0.25, -0.2) is 0 Å². The Labute approximate surface area is 104 Å². The summed E-state index contributed by atoms with van der Waals surface area (Å²) < 4.78 is 5.84. The van der Waals surface area contributed by atoms with Gasteiger partial charge in [0.25, 0.3) is 0 Å². The van der Waals surface area contributed by atoms with Crippen LogP contribution in [-0.4, -0.2) is 42.8 Å². The lowest BCUT2D eigenvalue weighted by atomic mass is 9.98. The van der Waals surface area contributed by atoms with Crippen molar-refractivity contribution in [3.63, 3.8) is 0 Å². The monoisotopic (exact) mass is 240 g/mol. The Morgan fingerprint density at radius 1 is 1.35 bits per heavy atom. The summed E-state index contributed by atoms with van der Waals surface area (Å²) in [6.07, 6.45) is 7.66. The first-order chi connectivity index (χ1) is 8.31. The zero-order valence-electron chi connectivity index (χ0n) is 10.8. The maximum Gasteiger partial charge on any atom is 0.240 e. The van der Waals surface area contributed by atoms with E-state index >= 15 is 0 Å². The molecular weight excluding hydrogens is 216 g/mol. The molecule has 1 aliphatic heterocycles. The Morgan fingerprint density at radius 3 is 2.76 bits per heavy atom. The SMILES string of the molecule is CCC1NCN(CCOC2CCCCC2)C1=O. The maximum absolute atomic E-state index is 11.8. The molecule has 4 heteroatoms. The molecule has 4 nitrogen and oxygen atoms in total. The highest BCUT2D eigenvalue weighted by molar-refractivity contribution is 5.83. The Morgan fingerprint density at radius 2 is 2.12 bits per heavy atom. The predicted octanol–water partition coefficient (Wildman–Crippen LogP) is 1.50. The molecule has 0 aromatic carbocycles. The molecule has 0 bridgehead atoms. The molecule has 1 saturated carbocycles. The van der Waals surface area contributed by atoms with E-state index in [2.05, 4.69) is 5.32 Å². The molecule has 1 aliphatic carbocycles.